The van der Waals surface area contributed by atoms with Crippen molar-refractivity contribution in [2.45, 2.75) is 71.4 Å². The van der Waals surface area contributed by atoms with Crippen molar-refractivity contribution in [2.24, 2.45) is 5.92 Å². The number of carbonyl (C=O) groups is 1. The van der Waals surface area contributed by atoms with Crippen LogP contribution in [0.15, 0.2) is 24.3 Å². The molecule has 2 aliphatic rings. The molecule has 0 radical (unpaired) electrons. The van der Waals surface area contributed by atoms with Crippen LogP contribution in [0.2, 0.25) is 0 Å². The van der Waals surface area contributed by atoms with Gasteiger partial charge in [-0.1, -0.05) is 39.0 Å². The maximum Gasteiger partial charge on any atom is 0.321 e. The van der Waals surface area contributed by atoms with Crippen LogP contribution in [0, 0.1) is 5.92 Å². The van der Waals surface area contributed by atoms with E-state index in [1.54, 1.807) is 0 Å². The minimum absolute atomic E-state index is 0.0455. The summed E-state index contributed by atoms with van der Waals surface area (Å²) in [5, 5.41) is 3.14. The van der Waals surface area contributed by atoms with E-state index in [1.165, 1.54) is 18.5 Å². The van der Waals surface area contributed by atoms with Gasteiger partial charge in [0.1, 0.15) is 0 Å². The summed E-state index contributed by atoms with van der Waals surface area (Å²) in [6, 6.07) is 9.38. The minimum atomic E-state index is 0.0455. The average Bonchev–Trinajstić information content (AvgIpc) is 2.75. The van der Waals surface area contributed by atoms with Crippen molar-refractivity contribution in [1.82, 2.24) is 9.80 Å². The van der Waals surface area contributed by atoms with Crippen molar-refractivity contribution >= 4 is 11.7 Å². The van der Waals surface area contributed by atoms with Crippen molar-refractivity contribution in [3.63, 3.8) is 0 Å². The summed E-state index contributed by atoms with van der Waals surface area (Å²) in [6.45, 7) is 11.4. The zero-order valence-corrected chi connectivity index (χ0v) is 18.5. The number of piperidine rings is 1. The van der Waals surface area contributed by atoms with Gasteiger partial charge in [-0.3, -0.25) is 4.90 Å². The summed E-state index contributed by atoms with van der Waals surface area (Å²) in [7, 11) is 0. The molecule has 5 heteroatoms. The summed E-state index contributed by atoms with van der Waals surface area (Å²) in [6.07, 6.45) is 6.59. The fraction of sp³-hybridized carbons (Fsp3) is 0.708. The average molecular weight is 402 g/mol. The predicted octanol–water partition coefficient (Wildman–Crippen LogP) is 4.77. The first-order valence-electron chi connectivity index (χ1n) is 11.6. The fourth-order valence-electron chi connectivity index (χ4n) is 4.63. The van der Waals surface area contributed by atoms with E-state index in [2.05, 4.69) is 37.1 Å². The number of likely N-dealkylation sites (tertiary alicyclic amines) is 1. The van der Waals surface area contributed by atoms with E-state index in [9.17, 15) is 4.79 Å². The number of urea groups is 1. The molecule has 2 amide bonds. The minimum Gasteiger partial charge on any atom is -0.381 e. The molecule has 0 unspecified atom stereocenters. The van der Waals surface area contributed by atoms with Gasteiger partial charge < -0.3 is 15.0 Å². The zero-order valence-electron chi connectivity index (χ0n) is 18.5. The zero-order chi connectivity index (χ0) is 20.6. The third-order valence-electron chi connectivity index (χ3n) is 6.49. The number of anilines is 1. The van der Waals surface area contributed by atoms with Crippen molar-refractivity contribution < 1.29 is 9.53 Å². The maximum absolute atomic E-state index is 12.8. The molecular formula is C24H39N3O2. The van der Waals surface area contributed by atoms with Gasteiger partial charge in [0.25, 0.3) is 0 Å². The molecule has 5 nitrogen and oxygen atoms in total. The van der Waals surface area contributed by atoms with Crippen LogP contribution in [0.5, 0.6) is 0 Å². The first-order valence-corrected chi connectivity index (χ1v) is 11.6. The van der Waals surface area contributed by atoms with Gasteiger partial charge in [-0.05, 0) is 62.6 Å². The molecule has 29 heavy (non-hydrogen) atoms. The summed E-state index contributed by atoms with van der Waals surface area (Å²) >= 11 is 0. The number of hydrogen-bond donors (Lipinski definition) is 1. The molecule has 0 aromatic heterocycles. The molecule has 2 heterocycles. The van der Waals surface area contributed by atoms with Gasteiger partial charge in [0.05, 0.1) is 0 Å². The first kappa shape index (κ1) is 22.1. The SMILES string of the molecule is CCc1ccccc1NC(=O)N1CCC(N(CCC(C)C)C2CCOCC2)CC1. The number of benzene rings is 1. The highest BCUT2D eigenvalue weighted by atomic mass is 16.5. The van der Waals surface area contributed by atoms with Gasteiger partial charge in [0.2, 0.25) is 0 Å². The Kier molecular flexibility index (Phi) is 8.37. The molecule has 2 fully saturated rings. The van der Waals surface area contributed by atoms with Crippen molar-refractivity contribution in [1.29, 1.82) is 0 Å². The lowest BCUT2D eigenvalue weighted by Gasteiger charge is -2.44. The summed E-state index contributed by atoms with van der Waals surface area (Å²) in [4.78, 5) is 17.6. The number of para-hydroxylation sites is 1. The van der Waals surface area contributed by atoms with Crippen molar-refractivity contribution in [3.8, 4) is 0 Å². The summed E-state index contributed by atoms with van der Waals surface area (Å²) < 4.78 is 5.60. The normalized spacial score (nSPS) is 19.1. The molecule has 1 aromatic carbocycles. The number of aryl methyl sites for hydroxylation is 1. The number of rotatable bonds is 7. The smallest absolute Gasteiger partial charge is 0.321 e. The lowest BCUT2D eigenvalue weighted by atomic mass is 9.96. The van der Waals surface area contributed by atoms with Gasteiger partial charge in [0, 0.05) is 44.1 Å². The Balaban J connectivity index is 1.56. The van der Waals surface area contributed by atoms with Gasteiger partial charge >= 0.3 is 6.03 Å². The molecule has 1 N–H and O–H groups in total. The molecule has 0 bridgehead atoms. The number of nitrogens with zero attached hydrogens (tertiary/aromatic N) is 2. The van der Waals surface area contributed by atoms with E-state index < -0.39 is 0 Å². The highest BCUT2D eigenvalue weighted by Gasteiger charge is 2.31. The second kappa shape index (κ2) is 11.0. The molecule has 0 spiro atoms. The summed E-state index contributed by atoms with van der Waals surface area (Å²) in [5.41, 5.74) is 2.14. The van der Waals surface area contributed by atoms with Crippen LogP contribution in [-0.2, 0) is 11.2 Å². The number of carbonyl (C=O) groups excluding carboxylic acids is 1. The van der Waals surface area contributed by atoms with Gasteiger partial charge in [-0.25, -0.2) is 4.79 Å². The van der Waals surface area contributed by atoms with E-state index in [-0.39, 0.29) is 6.03 Å². The number of nitrogens with one attached hydrogen (secondary N) is 1. The van der Waals surface area contributed by atoms with E-state index in [4.69, 9.17) is 4.74 Å². The third kappa shape index (κ3) is 6.19. The van der Waals surface area contributed by atoms with Gasteiger partial charge in [-0.15, -0.1) is 0 Å². The summed E-state index contributed by atoms with van der Waals surface area (Å²) in [5.74, 6) is 0.724. The molecule has 3 rings (SSSR count). The largest absolute Gasteiger partial charge is 0.381 e. The van der Waals surface area contributed by atoms with Crippen LogP contribution in [0.4, 0.5) is 10.5 Å². The lowest BCUT2D eigenvalue weighted by molar-refractivity contribution is 0.00321. The fourth-order valence-corrected chi connectivity index (χ4v) is 4.63. The van der Waals surface area contributed by atoms with Crippen molar-refractivity contribution in [3.05, 3.63) is 29.8 Å². The molecule has 0 aliphatic carbocycles. The highest BCUT2D eigenvalue weighted by molar-refractivity contribution is 5.90. The topological polar surface area (TPSA) is 44.8 Å². The van der Waals surface area contributed by atoms with Gasteiger partial charge in [0.15, 0.2) is 0 Å². The second-order valence-electron chi connectivity index (χ2n) is 8.92. The van der Waals surface area contributed by atoms with Crippen LogP contribution in [0.1, 0.15) is 58.4 Å². The molecule has 1 aromatic rings. The Morgan fingerprint density at radius 3 is 2.45 bits per heavy atom. The Hall–Kier alpha value is -1.59. The Morgan fingerprint density at radius 1 is 1.14 bits per heavy atom. The number of ether oxygens (including phenoxy) is 1. The van der Waals surface area contributed by atoms with Crippen LogP contribution in [-0.4, -0.2) is 60.8 Å². The molecular weight excluding hydrogens is 362 g/mol. The quantitative estimate of drug-likeness (QED) is 0.716. The lowest BCUT2D eigenvalue weighted by Crippen LogP contribution is -2.52. The van der Waals surface area contributed by atoms with E-state index in [1.807, 2.05) is 23.1 Å². The highest BCUT2D eigenvalue weighted by Crippen LogP contribution is 2.25. The Morgan fingerprint density at radius 2 is 1.79 bits per heavy atom. The number of hydrogen-bond acceptors (Lipinski definition) is 3. The maximum atomic E-state index is 12.8. The van der Waals surface area contributed by atoms with Crippen LogP contribution in [0.25, 0.3) is 0 Å². The van der Waals surface area contributed by atoms with Crippen LogP contribution < -0.4 is 5.32 Å². The molecule has 2 aliphatic heterocycles. The monoisotopic (exact) mass is 401 g/mol. The molecule has 0 saturated carbocycles. The van der Waals surface area contributed by atoms with E-state index in [0.29, 0.717) is 12.1 Å². The molecule has 0 atom stereocenters. The Labute approximate surface area is 176 Å². The molecule has 162 valence electrons. The standard InChI is InChI=1S/C24H39N3O2/c1-4-20-7-5-6-8-23(20)25-24(28)26-14-10-21(11-15-26)27(16-9-19(2)3)22-12-17-29-18-13-22/h5-8,19,21-22H,4,9-18H2,1-3H3,(H,25,28). The predicted molar refractivity (Wildman–Crippen MR) is 119 cm³/mol. The van der Waals surface area contributed by atoms with E-state index in [0.717, 1.165) is 70.0 Å². The second-order valence-corrected chi connectivity index (χ2v) is 8.92. The Bertz CT molecular complexity index is 635. The van der Waals surface area contributed by atoms with Crippen LogP contribution >= 0.6 is 0 Å². The first-order chi connectivity index (χ1) is 14.1. The van der Waals surface area contributed by atoms with Crippen LogP contribution in [0.3, 0.4) is 0 Å². The number of amides is 2. The third-order valence-corrected chi connectivity index (χ3v) is 6.49. The van der Waals surface area contributed by atoms with Gasteiger partial charge in [-0.2, -0.15) is 0 Å². The van der Waals surface area contributed by atoms with E-state index >= 15 is 0 Å². The van der Waals surface area contributed by atoms with Crippen molar-refractivity contribution in [2.75, 3.05) is 38.2 Å². The molecule has 2 saturated heterocycles.